The van der Waals surface area contributed by atoms with Gasteiger partial charge in [0.15, 0.2) is 0 Å². The monoisotopic (exact) mass is 250 g/mol. The molecule has 0 aliphatic rings. The Hall–Kier alpha value is 0.130. The van der Waals surface area contributed by atoms with Crippen molar-refractivity contribution in [3.8, 4) is 0 Å². The van der Waals surface area contributed by atoms with Gasteiger partial charge in [0.2, 0.25) is 0 Å². The number of hydrogen-bond donors (Lipinski definition) is 0. The van der Waals surface area contributed by atoms with Gasteiger partial charge >= 0.3 is 29.6 Å². The van der Waals surface area contributed by atoms with Gasteiger partial charge in [-0.1, -0.05) is 32.9 Å². The topological polar surface area (TPSA) is 57.2 Å². The summed E-state index contributed by atoms with van der Waals surface area (Å²) in [7, 11) is -4.32. The molecule has 0 heterocycles. The Balaban J connectivity index is 0.00000225. The first-order valence-corrected chi connectivity index (χ1v) is 6.24. The Morgan fingerprint density at radius 1 is 1.19 bits per heavy atom. The quantitative estimate of drug-likeness (QED) is 0.525. The van der Waals surface area contributed by atoms with Crippen molar-refractivity contribution >= 4 is 10.1 Å². The Morgan fingerprint density at radius 3 is 1.94 bits per heavy atom. The van der Waals surface area contributed by atoms with Crippen molar-refractivity contribution in [3.63, 3.8) is 0 Å². The molecule has 0 radical (unpaired) electrons. The van der Waals surface area contributed by atoms with Crippen LogP contribution in [0.15, 0.2) is 29.2 Å². The molecule has 0 spiro atoms. The summed E-state index contributed by atoms with van der Waals surface area (Å²) in [6.07, 6.45) is 0.955. The van der Waals surface area contributed by atoms with Crippen LogP contribution in [0.4, 0.5) is 0 Å². The zero-order valence-corrected chi connectivity index (χ0v) is 13.0. The van der Waals surface area contributed by atoms with E-state index in [1.165, 1.54) is 12.1 Å². The fraction of sp³-hybridized carbons (Fsp3) is 0.455. The van der Waals surface area contributed by atoms with Gasteiger partial charge in [-0.15, -0.1) is 0 Å². The maximum atomic E-state index is 10.7. The van der Waals surface area contributed by atoms with Crippen LogP contribution < -0.4 is 29.6 Å². The normalized spacial score (nSPS) is 12.0. The van der Waals surface area contributed by atoms with Crippen molar-refractivity contribution in [1.29, 1.82) is 0 Å². The van der Waals surface area contributed by atoms with Crippen LogP contribution in [0.1, 0.15) is 32.8 Å². The van der Waals surface area contributed by atoms with Gasteiger partial charge in [0.1, 0.15) is 10.1 Å². The third-order valence-electron chi connectivity index (χ3n) is 2.81. The third kappa shape index (κ3) is 3.86. The average molecular weight is 250 g/mol. The Bertz CT molecular complexity index is 435. The molecular formula is C11H15NaO3S. The van der Waals surface area contributed by atoms with E-state index in [0.717, 1.165) is 12.0 Å². The zero-order chi connectivity index (χ0) is 11.7. The van der Waals surface area contributed by atoms with E-state index in [1.54, 1.807) is 12.1 Å². The second-order valence-electron chi connectivity index (χ2n) is 4.22. The molecule has 0 aromatic heterocycles. The van der Waals surface area contributed by atoms with E-state index in [2.05, 4.69) is 20.8 Å². The van der Waals surface area contributed by atoms with Crippen molar-refractivity contribution in [3.05, 3.63) is 29.8 Å². The maximum Gasteiger partial charge on any atom is 1.00 e. The van der Waals surface area contributed by atoms with Crippen LogP contribution in [0.2, 0.25) is 0 Å². The summed E-state index contributed by atoms with van der Waals surface area (Å²) in [5, 5.41) is 0. The van der Waals surface area contributed by atoms with Gasteiger partial charge in [-0.25, -0.2) is 8.42 Å². The summed E-state index contributed by atoms with van der Waals surface area (Å²) in [5.74, 6) is 0. The summed E-state index contributed by atoms with van der Waals surface area (Å²) in [4.78, 5) is -0.168. The standard InChI is InChI=1S/C11H16O3S.Na/c1-4-11(2,3)9-5-7-10(8-6-9)15(12,13)14;/h5-8H,4H2,1-3H3,(H,12,13,14);/q;+1/p-1. The van der Waals surface area contributed by atoms with Gasteiger partial charge in [0.05, 0.1) is 4.90 Å². The predicted octanol–water partition coefficient (Wildman–Crippen LogP) is -0.718. The fourth-order valence-electron chi connectivity index (χ4n) is 1.28. The van der Waals surface area contributed by atoms with Crippen LogP contribution in [0.3, 0.4) is 0 Å². The molecular weight excluding hydrogens is 235 g/mol. The minimum atomic E-state index is -4.32. The number of rotatable bonds is 3. The minimum Gasteiger partial charge on any atom is -0.744 e. The molecule has 1 rings (SSSR count). The number of benzene rings is 1. The Labute approximate surface area is 119 Å². The van der Waals surface area contributed by atoms with Crippen LogP contribution in [-0.2, 0) is 15.5 Å². The largest absolute Gasteiger partial charge is 1.00 e. The first kappa shape index (κ1) is 16.1. The van der Waals surface area contributed by atoms with Gasteiger partial charge in [-0.05, 0) is 29.5 Å². The second-order valence-corrected chi connectivity index (χ2v) is 5.60. The molecule has 0 saturated carbocycles. The first-order valence-electron chi connectivity index (χ1n) is 4.84. The molecule has 1 aromatic rings. The Kier molecular flexibility index (Phi) is 5.69. The molecule has 0 saturated heterocycles. The van der Waals surface area contributed by atoms with Crippen molar-refractivity contribution in [2.75, 3.05) is 0 Å². The van der Waals surface area contributed by atoms with E-state index >= 15 is 0 Å². The summed E-state index contributed by atoms with van der Waals surface area (Å²) in [5.41, 5.74) is 1.04. The third-order valence-corrected chi connectivity index (χ3v) is 3.66. The molecule has 0 aliphatic carbocycles. The van der Waals surface area contributed by atoms with Crippen LogP contribution in [0, 0.1) is 0 Å². The van der Waals surface area contributed by atoms with Crippen LogP contribution >= 0.6 is 0 Å². The van der Waals surface area contributed by atoms with Crippen LogP contribution in [-0.4, -0.2) is 13.0 Å². The molecule has 0 aliphatic heterocycles. The molecule has 5 heteroatoms. The second kappa shape index (κ2) is 5.65. The van der Waals surface area contributed by atoms with Crippen molar-refractivity contribution in [1.82, 2.24) is 0 Å². The van der Waals surface area contributed by atoms with E-state index in [-0.39, 0.29) is 39.9 Å². The van der Waals surface area contributed by atoms with E-state index in [9.17, 15) is 13.0 Å². The van der Waals surface area contributed by atoms with Gasteiger partial charge in [-0.2, -0.15) is 0 Å². The average Bonchev–Trinajstić information content (AvgIpc) is 2.17. The van der Waals surface area contributed by atoms with Crippen LogP contribution in [0.25, 0.3) is 0 Å². The summed E-state index contributed by atoms with van der Waals surface area (Å²) in [6.45, 7) is 6.22. The Morgan fingerprint density at radius 2 is 1.62 bits per heavy atom. The maximum absolute atomic E-state index is 10.7. The van der Waals surface area contributed by atoms with Gasteiger partial charge in [0.25, 0.3) is 0 Å². The predicted molar refractivity (Wildman–Crippen MR) is 57.7 cm³/mol. The van der Waals surface area contributed by atoms with Gasteiger partial charge in [-0.3, -0.25) is 0 Å². The molecule has 84 valence electrons. The summed E-state index contributed by atoms with van der Waals surface area (Å²) < 4.78 is 32.1. The molecule has 0 amide bonds. The molecule has 0 atom stereocenters. The van der Waals surface area contributed by atoms with Crippen molar-refractivity contribution in [2.45, 2.75) is 37.5 Å². The van der Waals surface area contributed by atoms with Gasteiger partial charge < -0.3 is 4.55 Å². The molecule has 16 heavy (non-hydrogen) atoms. The molecule has 0 unspecified atom stereocenters. The smallest absolute Gasteiger partial charge is 0.744 e. The molecule has 0 fully saturated rings. The van der Waals surface area contributed by atoms with E-state index < -0.39 is 10.1 Å². The van der Waals surface area contributed by atoms with E-state index in [1.807, 2.05) is 0 Å². The van der Waals surface area contributed by atoms with Crippen molar-refractivity contribution in [2.24, 2.45) is 0 Å². The molecule has 1 aromatic carbocycles. The van der Waals surface area contributed by atoms with Gasteiger partial charge in [0, 0.05) is 0 Å². The summed E-state index contributed by atoms with van der Waals surface area (Å²) >= 11 is 0. The first-order chi connectivity index (χ1) is 6.77. The minimum absolute atomic E-state index is 0. The SMILES string of the molecule is CCC(C)(C)c1ccc(S(=O)(=O)[O-])cc1.[Na+]. The molecule has 3 nitrogen and oxygen atoms in total. The van der Waals surface area contributed by atoms with Crippen LogP contribution in [0.5, 0.6) is 0 Å². The van der Waals surface area contributed by atoms with E-state index in [0.29, 0.717) is 0 Å². The fourth-order valence-corrected chi connectivity index (χ4v) is 1.75. The zero-order valence-electron chi connectivity index (χ0n) is 10.1. The van der Waals surface area contributed by atoms with Crippen molar-refractivity contribution < 1.29 is 42.5 Å². The summed E-state index contributed by atoms with van der Waals surface area (Å²) in [6, 6.07) is 6.15. The molecule has 0 bridgehead atoms. The number of hydrogen-bond acceptors (Lipinski definition) is 3. The molecule has 0 N–H and O–H groups in total. The van der Waals surface area contributed by atoms with E-state index in [4.69, 9.17) is 0 Å².